The van der Waals surface area contributed by atoms with Gasteiger partial charge in [0.25, 0.3) is 0 Å². The molecule has 227 valence electrons. The van der Waals surface area contributed by atoms with Gasteiger partial charge in [0.15, 0.2) is 0 Å². The van der Waals surface area contributed by atoms with Gasteiger partial charge in [-0.15, -0.1) is 0 Å². The second-order valence-corrected chi connectivity index (χ2v) is 57.3. The zero-order valence-corrected chi connectivity index (χ0v) is 32.5. The molecular weight excluding hydrogens is 671 g/mol. The summed E-state index contributed by atoms with van der Waals surface area (Å²) in [6.45, 7) is 18.6. The molecule has 0 N–H and O–H groups in total. The van der Waals surface area contributed by atoms with Gasteiger partial charge in [-0.25, -0.2) is 0 Å². The summed E-state index contributed by atoms with van der Waals surface area (Å²) in [7, 11) is 17.1. The number of benzene rings is 4. The van der Waals surface area contributed by atoms with Crippen molar-refractivity contribution in [1.82, 2.24) is 0 Å². The van der Waals surface area contributed by atoms with Gasteiger partial charge in [-0.05, 0) is 0 Å². The molecule has 0 bridgehead atoms. The van der Waals surface area contributed by atoms with Crippen LogP contribution in [0.2, 0.25) is 13.1 Å². The van der Waals surface area contributed by atoms with Crippen LogP contribution in [0.25, 0.3) is 34.4 Å². The topological polar surface area (TPSA) is 0 Å². The minimum atomic E-state index is -4.77. The number of rotatable bonds is 6. The predicted molar refractivity (Wildman–Crippen MR) is 195 cm³/mol. The van der Waals surface area contributed by atoms with Crippen LogP contribution in [0.15, 0.2) is 102 Å². The molecule has 2 aliphatic carbocycles. The van der Waals surface area contributed by atoms with Gasteiger partial charge < -0.3 is 0 Å². The van der Waals surface area contributed by atoms with Gasteiger partial charge in [-0.1, -0.05) is 0 Å². The van der Waals surface area contributed by atoms with E-state index < -0.39 is 21.5 Å². The molecule has 0 amide bonds. The average Bonchev–Trinajstić information content (AvgIpc) is 3.56. The number of hydrogen-bond donors (Lipinski definition) is 0. The van der Waals surface area contributed by atoms with Crippen molar-refractivity contribution in [2.75, 3.05) is 0 Å². The molecule has 2 aliphatic rings. The SMILES string of the molecule is CC1=Cc2c(-c3ccccc3)cccc2[CH]1[Zr]([Cl])([Cl])([CH]1C(C(C)C)=Cc2c(-c3ccc(C(C)(C)C)cc3)cccc21)[SiH](C)C. The number of hydrogen-bond acceptors (Lipinski definition) is 0. The second kappa shape index (κ2) is 11.4. The Kier molecular flexibility index (Phi) is 8.28. The van der Waals surface area contributed by atoms with Crippen LogP contribution in [-0.4, -0.2) is 5.92 Å². The third-order valence-corrected chi connectivity index (χ3v) is 62.4. The van der Waals surface area contributed by atoms with Crippen molar-refractivity contribution in [1.29, 1.82) is 0 Å². The maximum atomic E-state index is 8.55. The van der Waals surface area contributed by atoms with E-state index >= 15 is 0 Å². The van der Waals surface area contributed by atoms with E-state index in [-0.39, 0.29) is 12.7 Å². The van der Waals surface area contributed by atoms with E-state index in [0.29, 0.717) is 5.92 Å². The quantitative estimate of drug-likeness (QED) is 0.174. The first kappa shape index (κ1) is 32.0. The van der Waals surface area contributed by atoms with Crippen molar-refractivity contribution in [3.05, 3.63) is 130 Å². The first-order valence-corrected chi connectivity index (χ1v) is 32.4. The van der Waals surface area contributed by atoms with Gasteiger partial charge in [-0.3, -0.25) is 0 Å². The summed E-state index contributed by atoms with van der Waals surface area (Å²) in [5.74, 6) is -1.25. The van der Waals surface area contributed by atoms with Crippen molar-refractivity contribution >= 4 is 35.1 Å². The van der Waals surface area contributed by atoms with Crippen molar-refractivity contribution in [2.45, 2.75) is 67.3 Å². The first-order chi connectivity index (χ1) is 20.7. The van der Waals surface area contributed by atoms with E-state index in [2.05, 4.69) is 158 Å². The third kappa shape index (κ3) is 5.04. The van der Waals surface area contributed by atoms with Crippen LogP contribution in [0.3, 0.4) is 0 Å². The van der Waals surface area contributed by atoms with Crippen molar-refractivity contribution in [3.8, 4) is 22.3 Å². The Hall–Kier alpha value is -1.96. The van der Waals surface area contributed by atoms with Crippen LogP contribution in [0, 0.1) is 5.92 Å². The van der Waals surface area contributed by atoms with Crippen LogP contribution < -0.4 is 0 Å². The van der Waals surface area contributed by atoms with Gasteiger partial charge >= 0.3 is 276 Å². The van der Waals surface area contributed by atoms with Crippen LogP contribution >= 0.6 is 17.0 Å². The average molecular weight is 716 g/mol. The summed E-state index contributed by atoms with van der Waals surface area (Å²) >= 11 is -4.77. The fourth-order valence-corrected chi connectivity index (χ4v) is 40.1. The molecule has 0 fully saturated rings. The van der Waals surface area contributed by atoms with Crippen LogP contribution in [0.1, 0.15) is 76.6 Å². The summed E-state index contributed by atoms with van der Waals surface area (Å²) in [6.07, 6.45) is 4.88. The zero-order chi connectivity index (χ0) is 31.6. The molecule has 44 heavy (non-hydrogen) atoms. The van der Waals surface area contributed by atoms with Crippen molar-refractivity contribution in [2.24, 2.45) is 5.92 Å². The van der Waals surface area contributed by atoms with E-state index in [1.807, 2.05) is 0 Å². The summed E-state index contributed by atoms with van der Waals surface area (Å²) in [5, 5.41) is 0. The Morgan fingerprint density at radius 1 is 0.659 bits per heavy atom. The van der Waals surface area contributed by atoms with E-state index in [0.717, 1.165) is 0 Å². The molecule has 4 aromatic carbocycles. The number of allylic oxidation sites excluding steroid dienone is 2. The Morgan fingerprint density at radius 2 is 1.18 bits per heavy atom. The van der Waals surface area contributed by atoms with Gasteiger partial charge in [0.05, 0.1) is 0 Å². The van der Waals surface area contributed by atoms with E-state index in [4.69, 9.17) is 17.0 Å². The Balaban J connectivity index is 1.55. The van der Waals surface area contributed by atoms with Gasteiger partial charge in [0.2, 0.25) is 0 Å². The molecule has 2 unspecified atom stereocenters. The second-order valence-electron chi connectivity index (χ2n) is 14.7. The molecule has 4 aromatic rings. The summed E-state index contributed by atoms with van der Waals surface area (Å²) in [6, 6.07) is 33.5. The van der Waals surface area contributed by atoms with Crippen molar-refractivity contribution < 1.29 is 15.6 Å². The van der Waals surface area contributed by atoms with Gasteiger partial charge in [-0.2, -0.15) is 0 Å². The third-order valence-electron chi connectivity index (χ3n) is 10.4. The maximum absolute atomic E-state index is 8.55. The summed E-state index contributed by atoms with van der Waals surface area (Å²) in [4.78, 5) is 0. The fourth-order valence-electron chi connectivity index (χ4n) is 7.93. The molecule has 0 saturated heterocycles. The monoisotopic (exact) mass is 713 g/mol. The zero-order valence-electron chi connectivity index (χ0n) is 27.4. The van der Waals surface area contributed by atoms with E-state index in [9.17, 15) is 0 Å². The molecule has 0 spiro atoms. The van der Waals surface area contributed by atoms with Crippen LogP contribution in [0.4, 0.5) is 0 Å². The number of fused-ring (bicyclic) bond motifs is 2. The summed E-state index contributed by atoms with van der Waals surface area (Å²) in [5.41, 5.74) is 14.6. The van der Waals surface area contributed by atoms with Gasteiger partial charge in [0, 0.05) is 0 Å². The molecule has 0 aromatic heterocycles. The molecular formula is C40H45Cl2SiZr. The fraction of sp³-hybridized carbons (Fsp3) is 0.300. The minimum absolute atomic E-state index is 0.0925. The standard InChI is InChI=1S/C22H25.C16H13.C2H7Si.2ClH.Zr/c1-15(2)18-13-17-7-6-8-20(21(17)14-18)16-9-11-19(12-10-16)22(3,4)5;1-12-10-14-8-5-9-15(16(14)11-12)13-6-3-2-4-7-13;1-3-2;;;/h6-15H,1-5H3;2-11H,1H3;3H,1-2H3;2*1H;/q;;;;;+2/p-2. The Labute approximate surface area is 274 Å². The molecule has 0 aliphatic heterocycles. The molecule has 2 atom stereocenters. The normalized spacial score (nSPS) is 19.0. The first-order valence-electron chi connectivity index (χ1n) is 16.1. The van der Waals surface area contributed by atoms with Crippen LogP contribution in [0.5, 0.6) is 0 Å². The molecule has 0 heterocycles. The van der Waals surface area contributed by atoms with E-state index in [1.54, 1.807) is 0 Å². The molecule has 6 rings (SSSR count). The number of halogens is 2. The van der Waals surface area contributed by atoms with Crippen molar-refractivity contribution in [3.63, 3.8) is 0 Å². The predicted octanol–water partition coefficient (Wildman–Crippen LogP) is 12.6. The van der Waals surface area contributed by atoms with Gasteiger partial charge in [0.1, 0.15) is 0 Å². The Morgan fingerprint density at radius 3 is 1.70 bits per heavy atom. The van der Waals surface area contributed by atoms with Crippen LogP contribution in [-0.2, 0) is 21.0 Å². The molecule has 0 radical (unpaired) electrons. The molecule has 4 heteroatoms. The Bertz CT molecular complexity index is 1790. The molecule has 0 nitrogen and oxygen atoms in total. The van der Waals surface area contributed by atoms with E-state index in [1.165, 1.54) is 61.2 Å². The summed E-state index contributed by atoms with van der Waals surface area (Å²) < 4.78 is 0.188. The molecule has 0 saturated carbocycles.